The van der Waals surface area contributed by atoms with Crippen molar-refractivity contribution in [1.29, 1.82) is 0 Å². The second kappa shape index (κ2) is 10.2. The molecule has 2 aromatic heterocycles. The molecule has 0 aliphatic carbocycles. The van der Waals surface area contributed by atoms with E-state index in [1.165, 1.54) is 12.4 Å². The lowest BCUT2D eigenvalue weighted by atomic mass is 10.1. The summed E-state index contributed by atoms with van der Waals surface area (Å²) >= 11 is 13.0. The number of hydrogen-bond donors (Lipinski definition) is 2. The Labute approximate surface area is 206 Å². The van der Waals surface area contributed by atoms with Gasteiger partial charge in [0, 0.05) is 24.7 Å². The van der Waals surface area contributed by atoms with Crippen molar-refractivity contribution in [3.63, 3.8) is 0 Å². The molecule has 0 amide bonds. The third-order valence-electron chi connectivity index (χ3n) is 5.27. The maximum absolute atomic E-state index is 11.4. The zero-order valence-electron chi connectivity index (χ0n) is 18.5. The van der Waals surface area contributed by atoms with E-state index in [1.54, 1.807) is 32.2 Å². The number of nitrogens with one attached hydrogen (secondary N) is 1. The van der Waals surface area contributed by atoms with Crippen molar-refractivity contribution in [1.82, 2.24) is 14.5 Å². The van der Waals surface area contributed by atoms with Crippen LogP contribution < -0.4 is 14.8 Å². The van der Waals surface area contributed by atoms with Gasteiger partial charge in [0.1, 0.15) is 34.4 Å². The average Bonchev–Trinajstić information content (AvgIpc) is 3.09. The lowest BCUT2D eigenvalue weighted by molar-refractivity contribution is 0.0692. The van der Waals surface area contributed by atoms with E-state index in [2.05, 4.69) is 15.3 Å². The van der Waals surface area contributed by atoms with Gasteiger partial charge in [-0.05, 0) is 31.2 Å². The molecule has 10 heteroatoms. The third-order valence-corrected chi connectivity index (χ3v) is 6.13. The normalized spacial score (nSPS) is 10.9. The molecule has 176 valence electrons. The highest BCUT2D eigenvalue weighted by Gasteiger charge is 2.17. The number of benzene rings is 2. The van der Waals surface area contributed by atoms with E-state index in [0.29, 0.717) is 52.9 Å². The Balaban J connectivity index is 1.53. The smallest absolute Gasteiger partial charge is 0.339 e. The van der Waals surface area contributed by atoms with Crippen LogP contribution in [0, 0.1) is 0 Å². The lowest BCUT2D eigenvalue weighted by Crippen LogP contribution is -2.11. The van der Waals surface area contributed by atoms with Gasteiger partial charge in [-0.15, -0.1) is 0 Å². The topological polar surface area (TPSA) is 98.5 Å². The summed E-state index contributed by atoms with van der Waals surface area (Å²) in [6, 6.07) is 12.3. The highest BCUT2D eigenvalue weighted by Crippen LogP contribution is 2.39. The van der Waals surface area contributed by atoms with Crippen LogP contribution in [-0.4, -0.2) is 45.9 Å². The number of carboxylic acid groups (broad SMARTS) is 1. The molecular weight excluding hydrogens is 479 g/mol. The molecule has 0 aliphatic heterocycles. The summed E-state index contributed by atoms with van der Waals surface area (Å²) in [4.78, 5) is 20.0. The van der Waals surface area contributed by atoms with Gasteiger partial charge in [-0.1, -0.05) is 35.3 Å². The molecule has 2 N–H and O–H groups in total. The SMILES string of the molecule is CCOc1cc(-c2cc(NCCn3c(Cl)c(Cl)c4c(OC)cccc43)ncn2)ccc1C(=O)O. The van der Waals surface area contributed by atoms with Gasteiger partial charge in [0.15, 0.2) is 0 Å². The van der Waals surface area contributed by atoms with E-state index < -0.39 is 5.97 Å². The predicted molar refractivity (Wildman–Crippen MR) is 133 cm³/mol. The molecule has 0 spiro atoms. The Hall–Kier alpha value is -3.49. The van der Waals surface area contributed by atoms with Crippen LogP contribution in [0.3, 0.4) is 0 Å². The number of carbonyl (C=O) groups is 1. The molecule has 0 unspecified atom stereocenters. The number of anilines is 1. The summed E-state index contributed by atoms with van der Waals surface area (Å²) in [6.07, 6.45) is 1.45. The monoisotopic (exact) mass is 500 g/mol. The number of ether oxygens (including phenoxy) is 2. The summed E-state index contributed by atoms with van der Waals surface area (Å²) < 4.78 is 12.8. The minimum absolute atomic E-state index is 0.101. The fraction of sp³-hybridized carbons (Fsp3) is 0.208. The van der Waals surface area contributed by atoms with Crippen molar-refractivity contribution in [2.75, 3.05) is 25.6 Å². The van der Waals surface area contributed by atoms with Gasteiger partial charge in [0.05, 0.1) is 35.3 Å². The molecule has 2 aromatic carbocycles. The van der Waals surface area contributed by atoms with Gasteiger partial charge >= 0.3 is 5.97 Å². The quantitative estimate of drug-likeness (QED) is 0.307. The number of nitrogens with zero attached hydrogens (tertiary/aromatic N) is 3. The summed E-state index contributed by atoms with van der Waals surface area (Å²) in [5.74, 6) is 0.523. The molecule has 4 rings (SSSR count). The molecule has 0 radical (unpaired) electrons. The molecule has 34 heavy (non-hydrogen) atoms. The standard InChI is InChI=1S/C24H22Cl2N4O4/c1-3-34-19-11-14(7-8-15(19)24(31)32)16-12-20(29-13-28-16)27-9-10-30-17-5-4-6-18(33-2)21(17)22(25)23(30)26/h4-8,11-13H,3,9-10H2,1-2H3,(H,31,32)(H,27,28,29). The lowest BCUT2D eigenvalue weighted by Gasteiger charge is -2.11. The average molecular weight is 501 g/mol. The van der Waals surface area contributed by atoms with Crippen molar-refractivity contribution < 1.29 is 19.4 Å². The number of fused-ring (bicyclic) bond motifs is 1. The zero-order chi connectivity index (χ0) is 24.2. The first kappa shape index (κ1) is 23.7. The maximum atomic E-state index is 11.4. The van der Waals surface area contributed by atoms with Gasteiger partial charge in [-0.25, -0.2) is 14.8 Å². The van der Waals surface area contributed by atoms with Crippen molar-refractivity contribution in [3.05, 3.63) is 64.5 Å². The van der Waals surface area contributed by atoms with Crippen LogP contribution in [0.4, 0.5) is 5.82 Å². The van der Waals surface area contributed by atoms with Crippen LogP contribution in [0.2, 0.25) is 10.2 Å². The van der Waals surface area contributed by atoms with E-state index >= 15 is 0 Å². The molecule has 0 atom stereocenters. The Morgan fingerprint density at radius 3 is 2.71 bits per heavy atom. The van der Waals surface area contributed by atoms with Gasteiger partial charge in [0.25, 0.3) is 0 Å². The second-order valence-corrected chi connectivity index (χ2v) is 8.01. The number of aromatic nitrogens is 3. The van der Waals surface area contributed by atoms with E-state index in [9.17, 15) is 9.90 Å². The van der Waals surface area contributed by atoms with Gasteiger partial charge in [-0.3, -0.25) is 0 Å². The Morgan fingerprint density at radius 2 is 1.97 bits per heavy atom. The Kier molecular flexibility index (Phi) is 7.09. The summed E-state index contributed by atoms with van der Waals surface area (Å²) in [5, 5.41) is 14.3. The highest BCUT2D eigenvalue weighted by molar-refractivity contribution is 6.45. The molecule has 4 aromatic rings. The second-order valence-electron chi connectivity index (χ2n) is 7.28. The van der Waals surface area contributed by atoms with Gasteiger partial charge < -0.3 is 24.5 Å². The van der Waals surface area contributed by atoms with Gasteiger partial charge in [-0.2, -0.15) is 0 Å². The summed E-state index contributed by atoms with van der Waals surface area (Å²) in [5.41, 5.74) is 2.33. The molecule has 0 bridgehead atoms. The maximum Gasteiger partial charge on any atom is 0.339 e. The first-order valence-corrected chi connectivity index (χ1v) is 11.3. The van der Waals surface area contributed by atoms with Crippen molar-refractivity contribution in [3.8, 4) is 22.8 Å². The minimum Gasteiger partial charge on any atom is -0.496 e. The van der Waals surface area contributed by atoms with Crippen LogP contribution in [0.25, 0.3) is 22.2 Å². The number of hydrogen-bond acceptors (Lipinski definition) is 6. The van der Waals surface area contributed by atoms with Crippen molar-refractivity contribution in [2.24, 2.45) is 0 Å². The largest absolute Gasteiger partial charge is 0.496 e. The van der Waals surface area contributed by atoms with E-state index in [-0.39, 0.29) is 5.56 Å². The number of methoxy groups -OCH3 is 1. The van der Waals surface area contributed by atoms with Crippen LogP contribution in [0.15, 0.2) is 48.8 Å². The van der Waals surface area contributed by atoms with Crippen LogP contribution >= 0.6 is 23.2 Å². The van der Waals surface area contributed by atoms with Crippen LogP contribution in [0.5, 0.6) is 11.5 Å². The van der Waals surface area contributed by atoms with Crippen LogP contribution in [-0.2, 0) is 6.54 Å². The van der Waals surface area contributed by atoms with Crippen molar-refractivity contribution in [2.45, 2.75) is 13.5 Å². The zero-order valence-corrected chi connectivity index (χ0v) is 20.0. The number of carboxylic acids is 1. The molecular formula is C24H22Cl2N4O4. The van der Waals surface area contributed by atoms with E-state index in [4.69, 9.17) is 32.7 Å². The molecule has 0 saturated carbocycles. The fourth-order valence-electron chi connectivity index (χ4n) is 3.72. The first-order chi connectivity index (χ1) is 16.4. The number of rotatable bonds is 9. The highest BCUT2D eigenvalue weighted by atomic mass is 35.5. The Bertz CT molecular complexity index is 1360. The van der Waals surface area contributed by atoms with E-state index in [0.717, 1.165) is 16.5 Å². The molecule has 8 nitrogen and oxygen atoms in total. The first-order valence-electron chi connectivity index (χ1n) is 10.5. The van der Waals surface area contributed by atoms with Crippen LogP contribution in [0.1, 0.15) is 17.3 Å². The van der Waals surface area contributed by atoms with Crippen molar-refractivity contribution >= 4 is 45.9 Å². The summed E-state index contributed by atoms with van der Waals surface area (Å²) in [7, 11) is 1.59. The van der Waals surface area contributed by atoms with E-state index in [1.807, 2.05) is 22.8 Å². The predicted octanol–water partition coefficient (Wildman–Crippen LogP) is 5.62. The fourth-order valence-corrected chi connectivity index (χ4v) is 4.28. The number of aromatic carboxylic acids is 1. The Morgan fingerprint density at radius 1 is 1.15 bits per heavy atom. The minimum atomic E-state index is -1.05. The molecule has 2 heterocycles. The third kappa shape index (κ3) is 4.60. The van der Waals surface area contributed by atoms with Gasteiger partial charge in [0.2, 0.25) is 0 Å². The number of halogens is 2. The summed E-state index contributed by atoms with van der Waals surface area (Å²) in [6.45, 7) is 3.22. The molecule has 0 saturated heterocycles. The molecule has 0 fully saturated rings. The molecule has 0 aliphatic rings.